The maximum absolute atomic E-state index is 9.12. The molecule has 0 aromatic carbocycles. The number of nitrogens with two attached hydrogens (primary N) is 1. The van der Waals surface area contributed by atoms with E-state index in [1.807, 2.05) is 11.8 Å². The van der Waals surface area contributed by atoms with E-state index in [9.17, 15) is 0 Å². The van der Waals surface area contributed by atoms with Crippen molar-refractivity contribution < 1.29 is 5.11 Å². The van der Waals surface area contributed by atoms with Crippen LogP contribution in [-0.4, -0.2) is 34.8 Å². The van der Waals surface area contributed by atoms with Gasteiger partial charge in [-0.15, -0.1) is 0 Å². The molecule has 0 radical (unpaired) electrons. The van der Waals surface area contributed by atoms with E-state index in [1.165, 1.54) is 5.56 Å². The van der Waals surface area contributed by atoms with Gasteiger partial charge in [-0.3, -0.25) is 0 Å². The predicted molar refractivity (Wildman–Crippen MR) is 77.1 cm³/mol. The largest absolute Gasteiger partial charge is 0.395 e. The Hall–Kier alpha value is -1.20. The van der Waals surface area contributed by atoms with Gasteiger partial charge in [0.25, 0.3) is 0 Å². The third-order valence-electron chi connectivity index (χ3n) is 3.35. The summed E-state index contributed by atoms with van der Waals surface area (Å²) < 4.78 is 0. The van der Waals surface area contributed by atoms with Crippen LogP contribution >= 0.6 is 12.2 Å². The lowest BCUT2D eigenvalue weighted by Gasteiger charge is -2.24. The molecule has 4 nitrogen and oxygen atoms in total. The zero-order valence-electron chi connectivity index (χ0n) is 10.6. The second kappa shape index (κ2) is 5.63. The summed E-state index contributed by atoms with van der Waals surface area (Å²) in [7, 11) is 0. The van der Waals surface area contributed by atoms with Crippen LogP contribution in [0.15, 0.2) is 6.07 Å². The summed E-state index contributed by atoms with van der Waals surface area (Å²) in [5.41, 5.74) is 9.05. The second-order valence-electron chi connectivity index (χ2n) is 4.49. The molecule has 0 spiro atoms. The molecule has 98 valence electrons. The quantitative estimate of drug-likeness (QED) is 0.778. The maximum Gasteiger partial charge on any atom is 0.139 e. The molecule has 1 aromatic heterocycles. The highest BCUT2D eigenvalue weighted by atomic mass is 32.1. The van der Waals surface area contributed by atoms with Gasteiger partial charge in [-0.2, -0.15) is 0 Å². The Balaban J connectivity index is 2.46. The molecule has 0 amide bonds. The molecule has 0 fully saturated rings. The lowest BCUT2D eigenvalue weighted by atomic mass is 10.1. The summed E-state index contributed by atoms with van der Waals surface area (Å²) in [5.74, 6) is 0.819. The Morgan fingerprint density at radius 3 is 2.94 bits per heavy atom. The minimum atomic E-state index is 0.101. The average molecular weight is 265 g/mol. The minimum absolute atomic E-state index is 0.101. The fourth-order valence-electron chi connectivity index (χ4n) is 2.42. The maximum atomic E-state index is 9.12. The van der Waals surface area contributed by atoms with Crippen LogP contribution in [0.4, 0.5) is 5.82 Å². The lowest BCUT2D eigenvalue weighted by molar-refractivity contribution is 0.302. The van der Waals surface area contributed by atoms with Gasteiger partial charge in [0.15, 0.2) is 0 Å². The number of hydrogen-bond donors (Lipinski definition) is 2. The van der Waals surface area contributed by atoms with Gasteiger partial charge < -0.3 is 15.7 Å². The number of fused-ring (bicyclic) bond motifs is 1. The van der Waals surface area contributed by atoms with E-state index in [1.54, 1.807) is 0 Å². The van der Waals surface area contributed by atoms with Crippen LogP contribution in [-0.2, 0) is 12.8 Å². The number of pyridine rings is 1. The Morgan fingerprint density at radius 2 is 2.33 bits per heavy atom. The van der Waals surface area contributed by atoms with Gasteiger partial charge in [-0.05, 0) is 37.8 Å². The first-order valence-electron chi connectivity index (χ1n) is 6.35. The van der Waals surface area contributed by atoms with Crippen molar-refractivity contribution in [2.24, 2.45) is 5.73 Å². The number of rotatable bonds is 5. The van der Waals surface area contributed by atoms with Crippen molar-refractivity contribution in [2.45, 2.75) is 26.2 Å². The van der Waals surface area contributed by atoms with E-state index in [0.717, 1.165) is 42.9 Å². The van der Waals surface area contributed by atoms with Gasteiger partial charge in [0.05, 0.1) is 12.2 Å². The first kappa shape index (κ1) is 13.2. The molecule has 0 atom stereocenters. The second-order valence-corrected chi connectivity index (χ2v) is 4.93. The molecule has 3 N–H and O–H groups in total. The zero-order chi connectivity index (χ0) is 13.1. The highest BCUT2D eigenvalue weighted by Crippen LogP contribution is 2.27. The topological polar surface area (TPSA) is 62.4 Å². The minimum Gasteiger partial charge on any atom is -0.395 e. The Bertz CT molecular complexity index is 462. The Labute approximate surface area is 113 Å². The van der Waals surface area contributed by atoms with Gasteiger partial charge >= 0.3 is 0 Å². The predicted octanol–water partition coefficient (Wildman–Crippen LogP) is 1.02. The number of anilines is 1. The number of likely N-dealkylation sites (N-methyl/N-ethyl adjacent to an activating group) is 1. The molecule has 5 heteroatoms. The first-order valence-corrected chi connectivity index (χ1v) is 6.76. The van der Waals surface area contributed by atoms with Crippen molar-refractivity contribution in [3.8, 4) is 0 Å². The van der Waals surface area contributed by atoms with Crippen molar-refractivity contribution in [2.75, 3.05) is 24.6 Å². The van der Waals surface area contributed by atoms with Crippen molar-refractivity contribution in [3.05, 3.63) is 22.9 Å². The third kappa shape index (κ3) is 2.47. The van der Waals surface area contributed by atoms with Crippen molar-refractivity contribution in [3.63, 3.8) is 0 Å². The standard InChI is InChI=1S/C13H19N3OS/c1-2-16(6-7-17)13-10(12(14)18)8-9-4-3-5-11(9)15-13/h8,17H,2-7H2,1H3,(H2,14,18). The van der Waals surface area contributed by atoms with Crippen LogP contribution in [0, 0.1) is 0 Å². The van der Waals surface area contributed by atoms with E-state index in [0.29, 0.717) is 11.5 Å². The fraction of sp³-hybridized carbons (Fsp3) is 0.538. The van der Waals surface area contributed by atoms with Gasteiger partial charge in [-0.1, -0.05) is 12.2 Å². The van der Waals surface area contributed by atoms with Crippen LogP contribution in [0.5, 0.6) is 0 Å². The number of aliphatic hydroxyl groups excluding tert-OH is 1. The molecule has 1 heterocycles. The molecule has 0 saturated carbocycles. The first-order chi connectivity index (χ1) is 8.67. The molecule has 1 aliphatic carbocycles. The summed E-state index contributed by atoms with van der Waals surface area (Å²) >= 11 is 5.12. The van der Waals surface area contributed by atoms with Crippen LogP contribution < -0.4 is 10.6 Å². The number of hydrogen-bond acceptors (Lipinski definition) is 4. The Kier molecular flexibility index (Phi) is 4.14. The average Bonchev–Trinajstić information content (AvgIpc) is 2.81. The summed E-state index contributed by atoms with van der Waals surface area (Å²) in [6, 6.07) is 2.08. The van der Waals surface area contributed by atoms with Crippen molar-refractivity contribution in [1.29, 1.82) is 0 Å². The molecule has 0 bridgehead atoms. The smallest absolute Gasteiger partial charge is 0.139 e. The van der Waals surface area contributed by atoms with Crippen LogP contribution in [0.3, 0.4) is 0 Å². The molecule has 18 heavy (non-hydrogen) atoms. The number of aryl methyl sites for hydroxylation is 2. The number of thiocarbonyl (C=S) groups is 1. The van der Waals surface area contributed by atoms with E-state index in [-0.39, 0.29) is 6.61 Å². The van der Waals surface area contributed by atoms with Gasteiger partial charge in [0.1, 0.15) is 10.8 Å². The van der Waals surface area contributed by atoms with Crippen molar-refractivity contribution >= 4 is 23.0 Å². The summed E-state index contributed by atoms with van der Waals surface area (Å²) in [5, 5.41) is 9.12. The molecular formula is C13H19N3OS. The highest BCUT2D eigenvalue weighted by Gasteiger charge is 2.20. The van der Waals surface area contributed by atoms with Gasteiger partial charge in [0, 0.05) is 18.8 Å². The fourth-order valence-corrected chi connectivity index (χ4v) is 2.57. The lowest BCUT2D eigenvalue weighted by Crippen LogP contribution is -2.30. The van der Waals surface area contributed by atoms with Crippen LogP contribution in [0.2, 0.25) is 0 Å². The van der Waals surface area contributed by atoms with Gasteiger partial charge in [0.2, 0.25) is 0 Å². The molecule has 0 unspecified atom stereocenters. The number of aromatic nitrogens is 1. The van der Waals surface area contributed by atoms with E-state index >= 15 is 0 Å². The monoisotopic (exact) mass is 265 g/mol. The Morgan fingerprint density at radius 1 is 1.56 bits per heavy atom. The van der Waals surface area contributed by atoms with Crippen molar-refractivity contribution in [1.82, 2.24) is 4.98 Å². The molecule has 1 aromatic rings. The molecule has 2 rings (SSSR count). The zero-order valence-corrected chi connectivity index (χ0v) is 11.5. The summed E-state index contributed by atoms with van der Waals surface area (Å²) in [6.45, 7) is 3.47. The summed E-state index contributed by atoms with van der Waals surface area (Å²) in [4.78, 5) is 7.11. The summed E-state index contributed by atoms with van der Waals surface area (Å²) in [6.07, 6.45) is 3.23. The molecule has 1 aliphatic rings. The third-order valence-corrected chi connectivity index (χ3v) is 3.57. The molecular weight excluding hydrogens is 246 g/mol. The number of nitrogens with zero attached hydrogens (tertiary/aromatic N) is 2. The van der Waals surface area contributed by atoms with Gasteiger partial charge in [-0.25, -0.2) is 4.98 Å². The SMILES string of the molecule is CCN(CCO)c1nc2c(cc1C(N)=S)CCC2. The van der Waals surface area contributed by atoms with Crippen LogP contribution in [0.25, 0.3) is 0 Å². The number of aliphatic hydroxyl groups is 1. The molecule has 0 aliphatic heterocycles. The molecule has 0 saturated heterocycles. The van der Waals surface area contributed by atoms with E-state index < -0.39 is 0 Å². The van der Waals surface area contributed by atoms with Crippen LogP contribution in [0.1, 0.15) is 30.2 Å². The highest BCUT2D eigenvalue weighted by molar-refractivity contribution is 7.80. The van der Waals surface area contributed by atoms with E-state index in [2.05, 4.69) is 6.07 Å². The van der Waals surface area contributed by atoms with E-state index in [4.69, 9.17) is 28.0 Å². The normalized spacial score (nSPS) is 13.4.